The van der Waals surface area contributed by atoms with E-state index in [0.29, 0.717) is 5.92 Å². The molecule has 0 aliphatic carbocycles. The summed E-state index contributed by atoms with van der Waals surface area (Å²) in [5.74, 6) is 2.46. The minimum Gasteiger partial charge on any atom is -0.496 e. The smallest absolute Gasteiger partial charge is 0.123 e. The van der Waals surface area contributed by atoms with E-state index in [-0.39, 0.29) is 6.04 Å². The van der Waals surface area contributed by atoms with Crippen molar-refractivity contribution in [2.45, 2.75) is 39.3 Å². The van der Waals surface area contributed by atoms with Crippen LogP contribution in [0.2, 0.25) is 0 Å². The second-order valence-corrected chi connectivity index (χ2v) is 5.44. The van der Waals surface area contributed by atoms with Crippen LogP contribution in [0.3, 0.4) is 0 Å². The molecule has 0 saturated carbocycles. The molecule has 0 aliphatic heterocycles. The summed E-state index contributed by atoms with van der Waals surface area (Å²) in [7, 11) is 1.72. The number of hydrogen-bond acceptors (Lipinski definition) is 3. The van der Waals surface area contributed by atoms with E-state index in [2.05, 4.69) is 54.0 Å². The maximum atomic E-state index is 5.50. The fourth-order valence-corrected chi connectivity index (χ4v) is 2.65. The zero-order valence-electron chi connectivity index (χ0n) is 13.3. The minimum atomic E-state index is 0.206. The molecule has 2 aromatic rings. The lowest BCUT2D eigenvalue weighted by molar-refractivity contribution is 0.389. The third-order valence-electron chi connectivity index (χ3n) is 3.61. The molecule has 2 rings (SSSR count). The van der Waals surface area contributed by atoms with Crippen molar-refractivity contribution in [3.8, 4) is 5.75 Å². The first-order chi connectivity index (χ1) is 10.2. The predicted octanol–water partition coefficient (Wildman–Crippen LogP) is 3.37. The Morgan fingerprint density at radius 2 is 2.05 bits per heavy atom. The molecule has 0 spiro atoms. The van der Waals surface area contributed by atoms with Crippen LogP contribution in [0, 0.1) is 0 Å². The van der Waals surface area contributed by atoms with Crippen molar-refractivity contribution in [3.63, 3.8) is 0 Å². The summed E-state index contributed by atoms with van der Waals surface area (Å²) in [5.41, 5.74) is 1.19. The summed E-state index contributed by atoms with van der Waals surface area (Å²) >= 11 is 0. The van der Waals surface area contributed by atoms with Gasteiger partial charge in [0.1, 0.15) is 11.6 Å². The molecular formula is C17H25N3O. The molecule has 1 aromatic heterocycles. The van der Waals surface area contributed by atoms with Gasteiger partial charge in [0.25, 0.3) is 0 Å². The third-order valence-corrected chi connectivity index (χ3v) is 3.61. The molecule has 0 aliphatic rings. The predicted molar refractivity (Wildman–Crippen MR) is 85.7 cm³/mol. The van der Waals surface area contributed by atoms with Gasteiger partial charge < -0.3 is 14.6 Å². The van der Waals surface area contributed by atoms with Crippen molar-refractivity contribution in [2.75, 3.05) is 13.7 Å². The maximum Gasteiger partial charge on any atom is 0.123 e. The fraction of sp³-hybridized carbons (Fsp3) is 0.471. The van der Waals surface area contributed by atoms with E-state index >= 15 is 0 Å². The first-order valence-electron chi connectivity index (χ1n) is 7.54. The number of benzene rings is 1. The van der Waals surface area contributed by atoms with E-state index < -0.39 is 0 Å². The van der Waals surface area contributed by atoms with Gasteiger partial charge in [-0.25, -0.2) is 4.98 Å². The average molecular weight is 287 g/mol. The Bertz CT molecular complexity index is 563. The molecular weight excluding hydrogens is 262 g/mol. The standard InChI is InChI=1S/C17H25N3O/c1-5-18-15(14-8-6-7-9-16(14)21-4)12-20-11-10-19-17(20)13(2)3/h6-11,13,15,18H,5,12H2,1-4H3. The highest BCUT2D eigenvalue weighted by Crippen LogP contribution is 2.27. The van der Waals surface area contributed by atoms with Crippen LogP contribution in [0.1, 0.15) is 44.1 Å². The Balaban J connectivity index is 2.29. The van der Waals surface area contributed by atoms with E-state index in [1.165, 1.54) is 5.56 Å². The second kappa shape index (κ2) is 7.27. The van der Waals surface area contributed by atoms with Gasteiger partial charge >= 0.3 is 0 Å². The van der Waals surface area contributed by atoms with E-state index in [4.69, 9.17) is 4.74 Å². The molecule has 1 heterocycles. The van der Waals surface area contributed by atoms with Crippen LogP contribution < -0.4 is 10.1 Å². The second-order valence-electron chi connectivity index (χ2n) is 5.44. The summed E-state index contributed by atoms with van der Waals surface area (Å²) in [6.45, 7) is 8.23. The van der Waals surface area contributed by atoms with Crippen LogP contribution in [0.5, 0.6) is 5.75 Å². The lowest BCUT2D eigenvalue weighted by Crippen LogP contribution is -2.26. The third kappa shape index (κ3) is 3.64. The van der Waals surface area contributed by atoms with Gasteiger partial charge in [0.15, 0.2) is 0 Å². The first-order valence-corrected chi connectivity index (χ1v) is 7.54. The van der Waals surface area contributed by atoms with Gasteiger partial charge in [-0.3, -0.25) is 0 Å². The quantitative estimate of drug-likeness (QED) is 0.848. The lowest BCUT2D eigenvalue weighted by atomic mass is 10.0. The zero-order chi connectivity index (χ0) is 15.2. The molecule has 1 atom stereocenters. The van der Waals surface area contributed by atoms with Crippen molar-refractivity contribution < 1.29 is 4.74 Å². The molecule has 0 bridgehead atoms. The molecule has 114 valence electrons. The Morgan fingerprint density at radius 3 is 2.71 bits per heavy atom. The largest absolute Gasteiger partial charge is 0.496 e. The number of ether oxygens (including phenoxy) is 1. The van der Waals surface area contributed by atoms with Crippen molar-refractivity contribution in [1.29, 1.82) is 0 Å². The molecule has 0 saturated heterocycles. The summed E-state index contributed by atoms with van der Waals surface area (Å²) in [6.07, 6.45) is 3.93. The number of hydrogen-bond donors (Lipinski definition) is 1. The summed E-state index contributed by atoms with van der Waals surface area (Å²) < 4.78 is 7.73. The number of nitrogens with one attached hydrogen (secondary N) is 1. The lowest BCUT2D eigenvalue weighted by Gasteiger charge is -2.22. The molecule has 1 aromatic carbocycles. The first kappa shape index (κ1) is 15.6. The number of aromatic nitrogens is 2. The zero-order valence-corrected chi connectivity index (χ0v) is 13.3. The molecule has 4 nitrogen and oxygen atoms in total. The van der Waals surface area contributed by atoms with Gasteiger partial charge in [-0.1, -0.05) is 39.0 Å². The highest BCUT2D eigenvalue weighted by molar-refractivity contribution is 5.35. The van der Waals surface area contributed by atoms with Crippen LogP contribution in [0.15, 0.2) is 36.7 Å². The van der Waals surface area contributed by atoms with Crippen LogP contribution in [0.25, 0.3) is 0 Å². The highest BCUT2D eigenvalue weighted by atomic mass is 16.5. The number of nitrogens with zero attached hydrogens (tertiary/aromatic N) is 2. The number of methoxy groups -OCH3 is 1. The summed E-state index contributed by atoms with van der Waals surface area (Å²) in [5, 5.41) is 3.55. The van der Waals surface area contributed by atoms with E-state index in [1.807, 2.05) is 18.3 Å². The van der Waals surface area contributed by atoms with Crippen LogP contribution in [0.4, 0.5) is 0 Å². The number of likely N-dealkylation sites (N-methyl/N-ethyl adjacent to an activating group) is 1. The average Bonchev–Trinajstić information content (AvgIpc) is 2.95. The topological polar surface area (TPSA) is 39.1 Å². The summed E-state index contributed by atoms with van der Waals surface area (Å²) in [6, 6.07) is 8.40. The highest BCUT2D eigenvalue weighted by Gasteiger charge is 2.17. The van der Waals surface area contributed by atoms with Crippen molar-refractivity contribution in [2.24, 2.45) is 0 Å². The number of rotatable bonds is 7. The van der Waals surface area contributed by atoms with Crippen molar-refractivity contribution >= 4 is 0 Å². The van der Waals surface area contributed by atoms with Crippen LogP contribution >= 0.6 is 0 Å². The molecule has 0 radical (unpaired) electrons. The van der Waals surface area contributed by atoms with Crippen molar-refractivity contribution in [1.82, 2.24) is 14.9 Å². The normalized spacial score (nSPS) is 12.6. The van der Waals surface area contributed by atoms with Crippen molar-refractivity contribution in [3.05, 3.63) is 48.0 Å². The monoisotopic (exact) mass is 287 g/mol. The molecule has 21 heavy (non-hydrogen) atoms. The fourth-order valence-electron chi connectivity index (χ4n) is 2.65. The molecule has 1 unspecified atom stereocenters. The molecule has 1 N–H and O–H groups in total. The Kier molecular flexibility index (Phi) is 5.39. The number of para-hydroxylation sites is 1. The van der Waals surface area contributed by atoms with Gasteiger partial charge in [-0.05, 0) is 12.6 Å². The van der Waals surface area contributed by atoms with Gasteiger partial charge in [0.05, 0.1) is 13.2 Å². The van der Waals surface area contributed by atoms with Gasteiger partial charge in [-0.15, -0.1) is 0 Å². The Hall–Kier alpha value is -1.81. The molecule has 0 fully saturated rings. The minimum absolute atomic E-state index is 0.206. The van der Waals surface area contributed by atoms with Gasteiger partial charge in [-0.2, -0.15) is 0 Å². The summed E-state index contributed by atoms with van der Waals surface area (Å²) in [4.78, 5) is 4.47. The molecule has 0 amide bonds. The Labute approximate surface area is 127 Å². The van der Waals surface area contributed by atoms with E-state index in [0.717, 1.165) is 24.7 Å². The Morgan fingerprint density at radius 1 is 1.29 bits per heavy atom. The van der Waals surface area contributed by atoms with Crippen LogP contribution in [-0.4, -0.2) is 23.2 Å². The SMILES string of the molecule is CCNC(Cn1ccnc1C(C)C)c1ccccc1OC. The van der Waals surface area contributed by atoms with E-state index in [9.17, 15) is 0 Å². The van der Waals surface area contributed by atoms with E-state index in [1.54, 1.807) is 7.11 Å². The van der Waals surface area contributed by atoms with Crippen LogP contribution in [-0.2, 0) is 6.54 Å². The maximum absolute atomic E-state index is 5.50. The molecule has 4 heteroatoms. The number of imidazole rings is 1. The van der Waals surface area contributed by atoms with Gasteiger partial charge in [0.2, 0.25) is 0 Å². The van der Waals surface area contributed by atoms with Gasteiger partial charge in [0, 0.05) is 30.4 Å².